The highest BCUT2D eigenvalue weighted by atomic mass is 32.2. The molecule has 8 nitrogen and oxygen atoms in total. The first-order valence-electron chi connectivity index (χ1n) is 9.50. The summed E-state index contributed by atoms with van der Waals surface area (Å²) in [7, 11) is -3.29. The smallest absolute Gasteiger partial charge is 0.227 e. The number of guanidine groups is 1. The molecule has 0 radical (unpaired) electrons. The van der Waals surface area contributed by atoms with Crippen LogP contribution in [0.3, 0.4) is 0 Å². The van der Waals surface area contributed by atoms with E-state index in [0.29, 0.717) is 32.0 Å². The van der Waals surface area contributed by atoms with Crippen molar-refractivity contribution in [1.82, 2.24) is 15.4 Å². The van der Waals surface area contributed by atoms with Crippen molar-refractivity contribution in [3.63, 3.8) is 0 Å². The Balaban J connectivity index is 1.97. The molecule has 9 heteroatoms. The molecule has 156 valence electrons. The van der Waals surface area contributed by atoms with Crippen molar-refractivity contribution in [1.29, 1.82) is 0 Å². The summed E-state index contributed by atoms with van der Waals surface area (Å²) in [4.78, 5) is 18.2. The van der Waals surface area contributed by atoms with E-state index in [9.17, 15) is 13.2 Å². The number of rotatable bonds is 8. The molecule has 0 bridgehead atoms. The van der Waals surface area contributed by atoms with E-state index in [-0.39, 0.29) is 5.91 Å². The van der Waals surface area contributed by atoms with Crippen molar-refractivity contribution in [2.45, 2.75) is 45.7 Å². The van der Waals surface area contributed by atoms with Crippen LogP contribution in [0.25, 0.3) is 0 Å². The third kappa shape index (κ3) is 7.12. The second-order valence-electron chi connectivity index (χ2n) is 7.62. The molecule has 0 aliphatic carbocycles. The minimum atomic E-state index is -3.29. The van der Waals surface area contributed by atoms with E-state index in [2.05, 4.69) is 20.3 Å². The largest absolute Gasteiger partial charge is 0.357 e. The quantitative estimate of drug-likeness (QED) is 0.442. The third-order valence-corrected chi connectivity index (χ3v) is 5.17. The lowest BCUT2D eigenvalue weighted by molar-refractivity contribution is -0.117. The molecule has 1 fully saturated rings. The number of nitrogens with zero attached hydrogens (tertiary/aromatic N) is 2. The summed E-state index contributed by atoms with van der Waals surface area (Å²) in [6, 6.07) is 7.85. The summed E-state index contributed by atoms with van der Waals surface area (Å²) >= 11 is 0. The molecule has 0 atom stereocenters. The van der Waals surface area contributed by atoms with Crippen LogP contribution in [0.4, 0.5) is 5.69 Å². The SMILES string of the molecule is CCNC(=NCc1ccc(N2CCCC2=O)cc1)NCC(C)(C)NS(C)(=O)=O. The fourth-order valence-electron chi connectivity index (χ4n) is 3.06. The number of hydrogen-bond donors (Lipinski definition) is 3. The summed E-state index contributed by atoms with van der Waals surface area (Å²) in [6.45, 7) is 7.93. The van der Waals surface area contributed by atoms with Crippen molar-refractivity contribution in [3.8, 4) is 0 Å². The molecule has 0 aromatic heterocycles. The lowest BCUT2D eigenvalue weighted by Gasteiger charge is -2.26. The van der Waals surface area contributed by atoms with E-state index < -0.39 is 15.6 Å². The Morgan fingerprint density at radius 2 is 1.89 bits per heavy atom. The lowest BCUT2D eigenvalue weighted by atomic mass is 10.1. The summed E-state index contributed by atoms with van der Waals surface area (Å²) in [5.74, 6) is 0.791. The fourth-order valence-corrected chi connectivity index (χ4v) is 4.13. The number of carbonyl (C=O) groups is 1. The van der Waals surface area contributed by atoms with E-state index in [0.717, 1.165) is 30.5 Å². The van der Waals surface area contributed by atoms with Crippen molar-refractivity contribution in [3.05, 3.63) is 29.8 Å². The van der Waals surface area contributed by atoms with E-state index in [4.69, 9.17) is 0 Å². The Kier molecular flexibility index (Phi) is 7.42. The minimum Gasteiger partial charge on any atom is -0.357 e. The lowest BCUT2D eigenvalue weighted by Crippen LogP contribution is -2.53. The molecular weight excluding hydrogens is 378 g/mol. The highest BCUT2D eigenvalue weighted by Gasteiger charge is 2.23. The van der Waals surface area contributed by atoms with Crippen LogP contribution in [0.1, 0.15) is 39.2 Å². The Labute approximate surface area is 167 Å². The topological polar surface area (TPSA) is 103 Å². The van der Waals surface area contributed by atoms with Gasteiger partial charge < -0.3 is 15.5 Å². The molecule has 1 aromatic carbocycles. The van der Waals surface area contributed by atoms with Crippen LogP contribution in [0.2, 0.25) is 0 Å². The van der Waals surface area contributed by atoms with Gasteiger partial charge >= 0.3 is 0 Å². The van der Waals surface area contributed by atoms with Gasteiger partial charge in [-0.2, -0.15) is 0 Å². The first-order valence-corrected chi connectivity index (χ1v) is 11.4. The first-order chi connectivity index (χ1) is 13.1. The number of benzene rings is 1. The molecule has 1 aliphatic heterocycles. The molecule has 1 saturated heterocycles. The van der Waals surface area contributed by atoms with Crippen molar-refractivity contribution >= 4 is 27.6 Å². The van der Waals surface area contributed by atoms with Crippen molar-refractivity contribution in [2.24, 2.45) is 4.99 Å². The first kappa shape index (κ1) is 22.2. The zero-order valence-electron chi connectivity index (χ0n) is 17.1. The predicted octanol–water partition coefficient (Wildman–Crippen LogP) is 1.20. The normalized spacial score (nSPS) is 15.8. The summed E-state index contributed by atoms with van der Waals surface area (Å²) in [5.41, 5.74) is 1.31. The van der Waals surface area contributed by atoms with Gasteiger partial charge in [-0.1, -0.05) is 12.1 Å². The molecule has 1 aliphatic rings. The molecule has 0 spiro atoms. The minimum absolute atomic E-state index is 0.176. The fraction of sp³-hybridized carbons (Fsp3) is 0.579. The molecule has 0 unspecified atom stereocenters. The number of sulfonamides is 1. The maximum atomic E-state index is 11.8. The molecule has 1 aromatic rings. The second kappa shape index (κ2) is 9.38. The van der Waals surface area contributed by atoms with Crippen LogP contribution in [-0.2, 0) is 21.4 Å². The van der Waals surface area contributed by atoms with Gasteiger partial charge in [-0.3, -0.25) is 4.79 Å². The van der Waals surface area contributed by atoms with Gasteiger partial charge in [-0.05, 0) is 44.9 Å². The number of hydrogen-bond acceptors (Lipinski definition) is 4. The molecular formula is C19H31N5O3S. The summed E-state index contributed by atoms with van der Waals surface area (Å²) in [6.07, 6.45) is 2.68. The zero-order valence-corrected chi connectivity index (χ0v) is 17.9. The maximum Gasteiger partial charge on any atom is 0.227 e. The Morgan fingerprint density at radius 1 is 1.21 bits per heavy atom. The standard InChI is InChI=1S/C19H31N5O3S/c1-5-20-18(22-14-19(2,3)23-28(4,26)27)21-13-15-8-10-16(11-9-15)24-12-6-7-17(24)25/h8-11,23H,5-7,12-14H2,1-4H3,(H2,20,21,22). The monoisotopic (exact) mass is 409 g/mol. The van der Waals surface area contributed by atoms with Crippen LogP contribution in [0, 0.1) is 0 Å². The number of amides is 1. The molecule has 3 N–H and O–H groups in total. The molecule has 1 heterocycles. The van der Waals surface area contributed by atoms with E-state index in [1.165, 1.54) is 0 Å². The molecule has 2 rings (SSSR count). The van der Waals surface area contributed by atoms with Gasteiger partial charge in [-0.15, -0.1) is 0 Å². The maximum absolute atomic E-state index is 11.8. The van der Waals surface area contributed by atoms with Gasteiger partial charge in [0.05, 0.1) is 12.8 Å². The van der Waals surface area contributed by atoms with Gasteiger partial charge in [0, 0.05) is 37.3 Å². The van der Waals surface area contributed by atoms with Gasteiger partial charge in [0.15, 0.2) is 5.96 Å². The van der Waals surface area contributed by atoms with Gasteiger partial charge in [0.1, 0.15) is 0 Å². The van der Waals surface area contributed by atoms with E-state index >= 15 is 0 Å². The number of aliphatic imine (C=N–C) groups is 1. The number of anilines is 1. The van der Waals surface area contributed by atoms with Gasteiger partial charge in [0.2, 0.25) is 15.9 Å². The number of nitrogens with one attached hydrogen (secondary N) is 3. The third-order valence-electron chi connectivity index (χ3n) is 4.24. The summed E-state index contributed by atoms with van der Waals surface area (Å²) in [5, 5.41) is 6.33. The number of carbonyl (C=O) groups excluding carboxylic acids is 1. The highest BCUT2D eigenvalue weighted by molar-refractivity contribution is 7.88. The second-order valence-corrected chi connectivity index (χ2v) is 9.37. The van der Waals surface area contributed by atoms with Gasteiger partial charge in [0.25, 0.3) is 0 Å². The molecule has 28 heavy (non-hydrogen) atoms. The molecule has 1 amide bonds. The van der Waals surface area contributed by atoms with Crippen LogP contribution in [0.15, 0.2) is 29.3 Å². The summed E-state index contributed by atoms with van der Waals surface area (Å²) < 4.78 is 25.5. The van der Waals surface area contributed by atoms with Crippen molar-refractivity contribution in [2.75, 3.05) is 30.8 Å². The van der Waals surface area contributed by atoms with Crippen molar-refractivity contribution < 1.29 is 13.2 Å². The van der Waals surface area contributed by atoms with Gasteiger partial charge in [-0.25, -0.2) is 18.1 Å². The Hall–Kier alpha value is -2.13. The average molecular weight is 410 g/mol. The van der Waals surface area contributed by atoms with E-state index in [1.807, 2.05) is 49.9 Å². The Morgan fingerprint density at radius 3 is 2.43 bits per heavy atom. The van der Waals surface area contributed by atoms with Crippen LogP contribution in [-0.4, -0.2) is 51.7 Å². The highest BCUT2D eigenvalue weighted by Crippen LogP contribution is 2.21. The molecule has 0 saturated carbocycles. The van der Waals surface area contributed by atoms with Crippen LogP contribution < -0.4 is 20.3 Å². The predicted molar refractivity (Wildman–Crippen MR) is 113 cm³/mol. The van der Waals surface area contributed by atoms with Crippen LogP contribution in [0.5, 0.6) is 0 Å². The average Bonchev–Trinajstić information content (AvgIpc) is 3.02. The van der Waals surface area contributed by atoms with Crippen LogP contribution >= 0.6 is 0 Å². The zero-order chi connectivity index (χ0) is 20.8. The Bertz CT molecular complexity index is 803. The van der Waals surface area contributed by atoms with E-state index in [1.54, 1.807) is 0 Å².